The van der Waals surface area contributed by atoms with E-state index in [0.29, 0.717) is 0 Å². The molecule has 0 radical (unpaired) electrons. The molecule has 0 N–H and O–H groups in total. The summed E-state index contributed by atoms with van der Waals surface area (Å²) in [5.74, 6) is 0. The molecule has 1 heterocycles. The van der Waals surface area contributed by atoms with Gasteiger partial charge in [-0.2, -0.15) is 0 Å². The van der Waals surface area contributed by atoms with E-state index >= 15 is 0 Å². The number of benzene rings is 10. The maximum atomic E-state index is 2.43. The molecular formula is C53H30S. The van der Waals surface area contributed by atoms with Gasteiger partial charge in [0.2, 0.25) is 0 Å². The molecule has 0 fully saturated rings. The third-order valence-corrected chi connectivity index (χ3v) is 13.8. The maximum Gasteiger partial charge on any atom is 0.0740 e. The van der Waals surface area contributed by atoms with E-state index in [1.807, 2.05) is 11.3 Å². The van der Waals surface area contributed by atoms with Crippen LogP contribution < -0.4 is 0 Å². The van der Waals surface area contributed by atoms with E-state index in [1.54, 1.807) is 0 Å². The monoisotopic (exact) mass is 698 g/mol. The lowest BCUT2D eigenvalue weighted by Gasteiger charge is -2.30. The molecule has 54 heavy (non-hydrogen) atoms. The summed E-state index contributed by atoms with van der Waals surface area (Å²) in [7, 11) is 0. The molecule has 0 saturated heterocycles. The van der Waals surface area contributed by atoms with Crippen molar-refractivity contribution in [1.82, 2.24) is 0 Å². The minimum atomic E-state index is -0.383. The molecule has 1 heteroatoms. The normalized spacial score (nSPS) is 15.5. The first-order chi connectivity index (χ1) is 26.8. The average Bonchev–Trinajstić information content (AvgIpc) is 3.86. The van der Waals surface area contributed by atoms with Gasteiger partial charge in [0.25, 0.3) is 0 Å². The number of thiophene rings is 1. The van der Waals surface area contributed by atoms with Crippen molar-refractivity contribution in [2.24, 2.45) is 0 Å². The second kappa shape index (κ2) is 10.3. The topological polar surface area (TPSA) is 0 Å². The fourth-order valence-electron chi connectivity index (χ4n) is 10.5. The van der Waals surface area contributed by atoms with Gasteiger partial charge in [-0.05, 0) is 128 Å². The average molecular weight is 699 g/mol. The van der Waals surface area contributed by atoms with E-state index in [4.69, 9.17) is 0 Å². The largest absolute Gasteiger partial charge is 0.135 e. The number of hydrogen-bond donors (Lipinski definition) is 0. The van der Waals surface area contributed by atoms with Crippen LogP contribution in [-0.4, -0.2) is 0 Å². The summed E-state index contributed by atoms with van der Waals surface area (Å²) in [6, 6.07) is 68.8. The summed E-state index contributed by atoms with van der Waals surface area (Å²) < 4.78 is 1.35. The lowest BCUT2D eigenvalue weighted by atomic mass is 9.70. The van der Waals surface area contributed by atoms with Gasteiger partial charge in [0.1, 0.15) is 0 Å². The van der Waals surface area contributed by atoms with Crippen LogP contribution in [-0.2, 0) is 5.41 Å². The molecule has 2 aliphatic rings. The smallest absolute Gasteiger partial charge is 0.0740 e. The standard InChI is InChI=1S/C53H30S/c1-2-12-33-29-34(24-23-31(33)11-1)43-30-35-26-27-36(39-28-25-32-13-9-17-38(43)48(32)49(35)39)37-18-10-21-46-50(37)40-14-3-6-19-44(40)53(46)45-20-7-4-15-41(45)52-51(53)42-16-5-8-22-47(42)54-52/h1-30H. The summed E-state index contributed by atoms with van der Waals surface area (Å²) in [4.78, 5) is 1.41. The minimum Gasteiger partial charge on any atom is -0.135 e. The first-order valence-corrected chi connectivity index (χ1v) is 19.7. The molecule has 13 rings (SSSR count). The molecule has 0 bridgehead atoms. The summed E-state index contributed by atoms with van der Waals surface area (Å²) in [5, 5.41) is 11.8. The van der Waals surface area contributed by atoms with E-state index in [-0.39, 0.29) is 5.41 Å². The Labute approximate surface area is 316 Å². The number of rotatable bonds is 2. The third kappa shape index (κ3) is 3.49. The maximum absolute atomic E-state index is 2.43. The molecule has 11 aromatic rings. The van der Waals surface area contributed by atoms with Gasteiger partial charge < -0.3 is 0 Å². The fourth-order valence-corrected chi connectivity index (χ4v) is 11.8. The van der Waals surface area contributed by atoms with Gasteiger partial charge in [0.05, 0.1) is 5.41 Å². The van der Waals surface area contributed by atoms with Crippen LogP contribution in [0, 0.1) is 0 Å². The lowest BCUT2D eigenvalue weighted by Crippen LogP contribution is -2.25. The molecule has 1 atom stereocenters. The van der Waals surface area contributed by atoms with Crippen molar-refractivity contribution in [3.05, 3.63) is 204 Å². The van der Waals surface area contributed by atoms with Crippen LogP contribution in [0.1, 0.15) is 22.3 Å². The van der Waals surface area contributed by atoms with Crippen LogP contribution >= 0.6 is 11.3 Å². The zero-order valence-corrected chi connectivity index (χ0v) is 30.0. The minimum absolute atomic E-state index is 0.383. The van der Waals surface area contributed by atoms with Gasteiger partial charge in [0.15, 0.2) is 0 Å². The van der Waals surface area contributed by atoms with Crippen LogP contribution in [0.4, 0.5) is 0 Å². The first kappa shape index (κ1) is 29.0. The molecule has 1 aromatic heterocycles. The van der Waals surface area contributed by atoms with Crippen LogP contribution in [0.2, 0.25) is 0 Å². The summed E-state index contributed by atoms with van der Waals surface area (Å²) >= 11 is 1.95. The van der Waals surface area contributed by atoms with E-state index in [0.717, 1.165) is 0 Å². The molecule has 0 nitrogen and oxygen atoms in total. The molecular weight excluding hydrogens is 669 g/mol. The van der Waals surface area contributed by atoms with Crippen LogP contribution in [0.15, 0.2) is 182 Å². The molecule has 10 aromatic carbocycles. The van der Waals surface area contributed by atoms with E-state index < -0.39 is 0 Å². The van der Waals surface area contributed by atoms with Crippen molar-refractivity contribution in [3.8, 4) is 43.8 Å². The third-order valence-electron chi connectivity index (χ3n) is 12.6. The summed E-state index contributed by atoms with van der Waals surface area (Å²) in [6.45, 7) is 0. The second-order valence-electron chi connectivity index (χ2n) is 15.1. The van der Waals surface area contributed by atoms with Gasteiger partial charge >= 0.3 is 0 Å². The summed E-state index contributed by atoms with van der Waals surface area (Å²) in [5.41, 5.74) is 14.4. The Morgan fingerprint density at radius 3 is 1.91 bits per heavy atom. The fraction of sp³-hybridized carbons (Fsp3) is 0.0189. The van der Waals surface area contributed by atoms with Crippen molar-refractivity contribution >= 4 is 64.5 Å². The molecule has 0 aliphatic heterocycles. The van der Waals surface area contributed by atoms with Gasteiger partial charge in [0, 0.05) is 9.58 Å². The Balaban J connectivity index is 1.11. The van der Waals surface area contributed by atoms with Gasteiger partial charge in [-0.15, -0.1) is 11.3 Å². The zero-order chi connectivity index (χ0) is 35.1. The zero-order valence-electron chi connectivity index (χ0n) is 29.2. The predicted molar refractivity (Wildman–Crippen MR) is 230 cm³/mol. The molecule has 1 unspecified atom stereocenters. The van der Waals surface area contributed by atoms with E-state index in [9.17, 15) is 0 Å². The van der Waals surface area contributed by atoms with E-state index in [1.165, 1.54) is 119 Å². The Morgan fingerprint density at radius 1 is 0.352 bits per heavy atom. The Hall–Kier alpha value is -6.54. The van der Waals surface area contributed by atoms with Gasteiger partial charge in [-0.25, -0.2) is 0 Å². The molecule has 0 saturated carbocycles. The van der Waals surface area contributed by atoms with Crippen molar-refractivity contribution in [2.75, 3.05) is 0 Å². The molecule has 1 spiro atoms. The molecule has 248 valence electrons. The highest BCUT2D eigenvalue weighted by Gasteiger charge is 2.53. The Bertz CT molecular complexity index is 3400. The highest BCUT2D eigenvalue weighted by atomic mass is 32.1. The van der Waals surface area contributed by atoms with E-state index in [2.05, 4.69) is 182 Å². The van der Waals surface area contributed by atoms with Crippen molar-refractivity contribution in [1.29, 1.82) is 0 Å². The van der Waals surface area contributed by atoms with Crippen LogP contribution in [0.5, 0.6) is 0 Å². The van der Waals surface area contributed by atoms with Crippen LogP contribution in [0.25, 0.3) is 97.0 Å². The highest BCUT2D eigenvalue weighted by molar-refractivity contribution is 7.22. The second-order valence-corrected chi connectivity index (χ2v) is 16.1. The van der Waals surface area contributed by atoms with Crippen molar-refractivity contribution in [3.63, 3.8) is 0 Å². The molecule has 2 aliphatic carbocycles. The van der Waals surface area contributed by atoms with Crippen LogP contribution in [0.3, 0.4) is 0 Å². The quantitative estimate of drug-likeness (QED) is 0.158. The van der Waals surface area contributed by atoms with Crippen molar-refractivity contribution < 1.29 is 0 Å². The van der Waals surface area contributed by atoms with Gasteiger partial charge in [-0.1, -0.05) is 164 Å². The molecule has 0 amide bonds. The lowest BCUT2D eigenvalue weighted by molar-refractivity contribution is 0.803. The van der Waals surface area contributed by atoms with Crippen molar-refractivity contribution in [2.45, 2.75) is 5.41 Å². The highest BCUT2D eigenvalue weighted by Crippen LogP contribution is 2.67. The Kier molecular flexibility index (Phi) is 5.54. The number of hydrogen-bond acceptors (Lipinski definition) is 1. The SMILES string of the molecule is c1ccc2c(c1)-c1sc3ccccc3c1C21c2ccccc2-c2c(-c3ccc4cc(-c5ccc6ccccc6c5)c5cccc6ccc3c4c65)cccc21. The predicted octanol–water partition coefficient (Wildman–Crippen LogP) is 14.6. The summed E-state index contributed by atoms with van der Waals surface area (Å²) in [6.07, 6.45) is 0. The number of fused-ring (bicyclic) bond motifs is 13. The van der Waals surface area contributed by atoms with Gasteiger partial charge in [-0.3, -0.25) is 0 Å². The Morgan fingerprint density at radius 2 is 0.981 bits per heavy atom. The first-order valence-electron chi connectivity index (χ1n) is 18.8.